The van der Waals surface area contributed by atoms with Gasteiger partial charge in [0.05, 0.1) is 5.69 Å². The fourth-order valence-electron chi connectivity index (χ4n) is 1.80. The summed E-state index contributed by atoms with van der Waals surface area (Å²) in [6, 6.07) is 7.23. The number of aryl methyl sites for hydroxylation is 1. The quantitative estimate of drug-likeness (QED) is 0.891. The summed E-state index contributed by atoms with van der Waals surface area (Å²) in [5.41, 5.74) is 6.31. The zero-order valence-corrected chi connectivity index (χ0v) is 10.9. The molecular formula is C14H14FN3O2. The van der Waals surface area contributed by atoms with E-state index in [2.05, 4.69) is 5.32 Å². The Morgan fingerprint density at radius 1 is 1.35 bits per heavy atom. The van der Waals surface area contributed by atoms with Gasteiger partial charge in [-0.2, -0.15) is 0 Å². The zero-order chi connectivity index (χ0) is 14.7. The molecule has 1 aromatic carbocycles. The predicted octanol–water partition coefficient (Wildman–Crippen LogP) is 1.52. The van der Waals surface area contributed by atoms with E-state index in [9.17, 15) is 14.0 Å². The molecule has 0 aliphatic heterocycles. The van der Waals surface area contributed by atoms with Gasteiger partial charge in [-0.25, -0.2) is 4.39 Å². The second kappa shape index (κ2) is 5.56. The summed E-state index contributed by atoms with van der Waals surface area (Å²) in [6.45, 7) is 1.46. The maximum absolute atomic E-state index is 13.6. The second-order valence-electron chi connectivity index (χ2n) is 4.41. The molecule has 0 aliphatic rings. The molecule has 0 radical (unpaired) electrons. The standard InChI is InChI=1S/C14H14FN3O2/c1-9-3-2-4-11(15)14(9)17-12(19)8-18-7-10(16)5-6-13(18)20/h2-7H,8,16H2,1H3,(H,17,19). The normalized spacial score (nSPS) is 10.3. The van der Waals surface area contributed by atoms with Crippen LogP contribution >= 0.6 is 0 Å². The number of benzene rings is 1. The summed E-state index contributed by atoms with van der Waals surface area (Å²) in [5, 5.41) is 2.46. The van der Waals surface area contributed by atoms with Crippen LogP contribution in [0.3, 0.4) is 0 Å². The smallest absolute Gasteiger partial charge is 0.251 e. The van der Waals surface area contributed by atoms with E-state index >= 15 is 0 Å². The number of nitrogens with one attached hydrogen (secondary N) is 1. The first-order valence-electron chi connectivity index (χ1n) is 5.98. The number of carbonyl (C=O) groups is 1. The molecule has 20 heavy (non-hydrogen) atoms. The summed E-state index contributed by atoms with van der Waals surface area (Å²) < 4.78 is 14.8. The molecule has 1 heterocycles. The molecule has 0 saturated heterocycles. The summed E-state index contributed by atoms with van der Waals surface area (Å²) in [5.74, 6) is -1.01. The number of hydrogen-bond donors (Lipinski definition) is 2. The molecule has 0 fully saturated rings. The van der Waals surface area contributed by atoms with E-state index in [-0.39, 0.29) is 17.8 Å². The summed E-state index contributed by atoms with van der Waals surface area (Å²) in [7, 11) is 0. The van der Waals surface area contributed by atoms with Crippen LogP contribution < -0.4 is 16.6 Å². The van der Waals surface area contributed by atoms with Crippen molar-refractivity contribution in [3.8, 4) is 0 Å². The number of pyridine rings is 1. The highest BCUT2D eigenvalue weighted by molar-refractivity contribution is 5.91. The Hall–Kier alpha value is -2.63. The fourth-order valence-corrected chi connectivity index (χ4v) is 1.80. The molecular weight excluding hydrogens is 261 g/mol. The summed E-state index contributed by atoms with van der Waals surface area (Å²) in [6.07, 6.45) is 1.37. The lowest BCUT2D eigenvalue weighted by Crippen LogP contribution is -2.27. The van der Waals surface area contributed by atoms with Crippen LogP contribution in [0.25, 0.3) is 0 Å². The van der Waals surface area contributed by atoms with Gasteiger partial charge in [-0.1, -0.05) is 12.1 Å². The molecule has 0 aliphatic carbocycles. The number of aromatic nitrogens is 1. The number of para-hydroxylation sites is 1. The molecule has 0 spiro atoms. The van der Waals surface area contributed by atoms with E-state index in [0.717, 1.165) is 0 Å². The number of nitrogens with zero attached hydrogens (tertiary/aromatic N) is 1. The van der Waals surface area contributed by atoms with Gasteiger partial charge in [0.2, 0.25) is 5.91 Å². The monoisotopic (exact) mass is 275 g/mol. The van der Waals surface area contributed by atoms with Gasteiger partial charge in [0.25, 0.3) is 5.56 Å². The Morgan fingerprint density at radius 2 is 2.10 bits per heavy atom. The number of carbonyl (C=O) groups excluding carboxylic acids is 1. The Morgan fingerprint density at radius 3 is 2.80 bits per heavy atom. The van der Waals surface area contributed by atoms with Crippen molar-refractivity contribution in [3.63, 3.8) is 0 Å². The van der Waals surface area contributed by atoms with Gasteiger partial charge in [0, 0.05) is 18.0 Å². The van der Waals surface area contributed by atoms with E-state index in [1.54, 1.807) is 19.1 Å². The Balaban J connectivity index is 2.17. The van der Waals surface area contributed by atoms with E-state index in [4.69, 9.17) is 5.73 Å². The third-order valence-electron chi connectivity index (χ3n) is 2.81. The molecule has 3 N–H and O–H groups in total. The van der Waals surface area contributed by atoms with Gasteiger partial charge in [0.15, 0.2) is 0 Å². The predicted molar refractivity (Wildman–Crippen MR) is 74.9 cm³/mol. The third-order valence-corrected chi connectivity index (χ3v) is 2.81. The van der Waals surface area contributed by atoms with Crippen molar-refractivity contribution in [2.45, 2.75) is 13.5 Å². The first kappa shape index (κ1) is 13.8. The highest BCUT2D eigenvalue weighted by atomic mass is 19.1. The van der Waals surface area contributed by atoms with Crippen molar-refractivity contribution in [3.05, 3.63) is 58.3 Å². The van der Waals surface area contributed by atoms with Crippen LogP contribution in [-0.2, 0) is 11.3 Å². The number of nitrogens with two attached hydrogens (primary N) is 1. The van der Waals surface area contributed by atoms with Gasteiger partial charge >= 0.3 is 0 Å². The van der Waals surface area contributed by atoms with Crippen molar-refractivity contribution < 1.29 is 9.18 Å². The van der Waals surface area contributed by atoms with Gasteiger partial charge in [-0.3, -0.25) is 9.59 Å². The molecule has 1 aromatic heterocycles. The Labute approximate surface area is 114 Å². The molecule has 2 aromatic rings. The van der Waals surface area contributed by atoms with Crippen LogP contribution in [0.15, 0.2) is 41.3 Å². The number of amides is 1. The summed E-state index contributed by atoms with van der Waals surface area (Å²) in [4.78, 5) is 23.4. The minimum Gasteiger partial charge on any atom is -0.398 e. The molecule has 1 amide bonds. The molecule has 5 nitrogen and oxygen atoms in total. The lowest BCUT2D eigenvalue weighted by molar-refractivity contribution is -0.116. The Bertz CT molecular complexity index is 690. The summed E-state index contributed by atoms with van der Waals surface area (Å²) >= 11 is 0. The second-order valence-corrected chi connectivity index (χ2v) is 4.41. The molecule has 2 rings (SSSR count). The molecule has 104 valence electrons. The van der Waals surface area contributed by atoms with Gasteiger partial charge in [0.1, 0.15) is 12.4 Å². The maximum Gasteiger partial charge on any atom is 0.251 e. The SMILES string of the molecule is Cc1cccc(F)c1NC(=O)Cn1cc(N)ccc1=O. The van der Waals surface area contributed by atoms with Crippen LogP contribution in [-0.4, -0.2) is 10.5 Å². The Kier molecular flexibility index (Phi) is 3.84. The van der Waals surface area contributed by atoms with Crippen LogP contribution in [0.4, 0.5) is 15.8 Å². The first-order chi connectivity index (χ1) is 9.47. The number of nitrogen functional groups attached to an aromatic ring is 1. The highest BCUT2D eigenvalue weighted by Gasteiger charge is 2.10. The molecule has 6 heteroatoms. The van der Waals surface area contributed by atoms with Gasteiger partial charge < -0.3 is 15.6 Å². The molecule has 0 saturated carbocycles. The van der Waals surface area contributed by atoms with E-state index in [1.807, 2.05) is 0 Å². The fraction of sp³-hybridized carbons (Fsp3) is 0.143. The van der Waals surface area contributed by atoms with Crippen molar-refractivity contribution in [1.29, 1.82) is 0 Å². The van der Waals surface area contributed by atoms with Crippen molar-refractivity contribution in [1.82, 2.24) is 4.57 Å². The number of halogens is 1. The zero-order valence-electron chi connectivity index (χ0n) is 10.9. The van der Waals surface area contributed by atoms with Crippen molar-refractivity contribution >= 4 is 17.3 Å². The average molecular weight is 275 g/mol. The number of anilines is 2. The molecule has 0 bridgehead atoms. The maximum atomic E-state index is 13.6. The topological polar surface area (TPSA) is 77.1 Å². The van der Waals surface area contributed by atoms with Crippen molar-refractivity contribution in [2.75, 3.05) is 11.1 Å². The van der Waals surface area contributed by atoms with Crippen LogP contribution in [0.5, 0.6) is 0 Å². The van der Waals surface area contributed by atoms with Gasteiger partial charge in [-0.15, -0.1) is 0 Å². The minimum absolute atomic E-state index is 0.120. The minimum atomic E-state index is -0.515. The molecule has 0 unspecified atom stereocenters. The van der Waals surface area contributed by atoms with Crippen molar-refractivity contribution in [2.24, 2.45) is 0 Å². The first-order valence-corrected chi connectivity index (χ1v) is 5.98. The number of rotatable bonds is 3. The van der Waals surface area contributed by atoms with E-state index < -0.39 is 11.7 Å². The van der Waals surface area contributed by atoms with Gasteiger partial charge in [-0.05, 0) is 24.6 Å². The van der Waals surface area contributed by atoms with Crippen LogP contribution in [0.1, 0.15) is 5.56 Å². The lowest BCUT2D eigenvalue weighted by Gasteiger charge is -2.10. The number of hydrogen-bond acceptors (Lipinski definition) is 3. The highest BCUT2D eigenvalue weighted by Crippen LogP contribution is 2.18. The van der Waals surface area contributed by atoms with Crippen LogP contribution in [0.2, 0.25) is 0 Å². The molecule has 0 atom stereocenters. The van der Waals surface area contributed by atoms with Crippen LogP contribution in [0, 0.1) is 12.7 Å². The lowest BCUT2D eigenvalue weighted by atomic mass is 10.2. The largest absolute Gasteiger partial charge is 0.398 e. The third kappa shape index (κ3) is 3.03. The average Bonchev–Trinajstić information content (AvgIpc) is 2.38. The van der Waals surface area contributed by atoms with E-state index in [1.165, 1.54) is 29.0 Å². The van der Waals surface area contributed by atoms with E-state index in [0.29, 0.717) is 11.3 Å².